The smallest absolute Gasteiger partial charge is 0.202 e. The first-order valence-corrected chi connectivity index (χ1v) is 7.52. The summed E-state index contributed by atoms with van der Waals surface area (Å²) in [5.41, 5.74) is -0.534. The SMILES string of the molecule is COc1cc2c(c(OC)c1O)C(=O)c1c(O)cc(CO)c(OC)c1C2=O. The third-order valence-electron chi connectivity index (χ3n) is 4.28. The molecule has 3 rings (SSSR count). The lowest BCUT2D eigenvalue weighted by Gasteiger charge is -2.24. The quantitative estimate of drug-likeness (QED) is 0.638. The van der Waals surface area contributed by atoms with Gasteiger partial charge in [0.15, 0.2) is 17.3 Å². The molecular weight excluding hydrogens is 344 g/mol. The van der Waals surface area contributed by atoms with E-state index in [9.17, 15) is 24.9 Å². The van der Waals surface area contributed by atoms with E-state index in [0.717, 1.165) is 6.07 Å². The van der Waals surface area contributed by atoms with Gasteiger partial charge in [0, 0.05) is 11.1 Å². The fourth-order valence-corrected chi connectivity index (χ4v) is 3.14. The molecule has 0 atom stereocenters. The lowest BCUT2D eigenvalue weighted by Crippen LogP contribution is -2.23. The van der Waals surface area contributed by atoms with Crippen molar-refractivity contribution >= 4 is 11.6 Å². The fraction of sp³-hybridized carbons (Fsp3) is 0.222. The number of carbonyl (C=O) groups is 2. The number of hydrogen-bond acceptors (Lipinski definition) is 8. The molecule has 8 heteroatoms. The van der Waals surface area contributed by atoms with Crippen molar-refractivity contribution in [2.75, 3.05) is 21.3 Å². The molecule has 1 aliphatic carbocycles. The highest BCUT2D eigenvalue weighted by Gasteiger charge is 2.40. The van der Waals surface area contributed by atoms with Crippen LogP contribution < -0.4 is 14.2 Å². The standard InChI is InChI=1S/C18H16O8/c1-24-10-5-8-11(18(26-3)15(10)22)16(23)12-9(20)4-7(6-19)17(25-2)13(12)14(8)21/h4-5,19-20,22H,6H2,1-3H3. The summed E-state index contributed by atoms with van der Waals surface area (Å²) in [5.74, 6) is -2.55. The number of aliphatic hydroxyl groups is 1. The van der Waals surface area contributed by atoms with Gasteiger partial charge in [-0.25, -0.2) is 0 Å². The highest BCUT2D eigenvalue weighted by atomic mass is 16.5. The topological polar surface area (TPSA) is 123 Å². The van der Waals surface area contributed by atoms with E-state index in [0.29, 0.717) is 0 Å². The molecule has 2 aromatic carbocycles. The summed E-state index contributed by atoms with van der Waals surface area (Å²) in [4.78, 5) is 26.1. The van der Waals surface area contributed by atoms with E-state index in [-0.39, 0.29) is 45.1 Å². The molecule has 1 aliphatic rings. The molecule has 0 radical (unpaired) electrons. The fourth-order valence-electron chi connectivity index (χ4n) is 3.14. The second kappa shape index (κ2) is 6.23. The van der Waals surface area contributed by atoms with E-state index in [1.54, 1.807) is 0 Å². The van der Waals surface area contributed by atoms with Crippen LogP contribution in [0.15, 0.2) is 12.1 Å². The first kappa shape index (κ1) is 17.6. The lowest BCUT2D eigenvalue weighted by molar-refractivity contribution is 0.0970. The molecular formula is C18H16O8. The van der Waals surface area contributed by atoms with Crippen molar-refractivity contribution in [3.8, 4) is 28.7 Å². The normalized spacial score (nSPS) is 12.5. The van der Waals surface area contributed by atoms with Crippen LogP contribution in [0, 0.1) is 0 Å². The predicted molar refractivity (Wildman–Crippen MR) is 88.7 cm³/mol. The van der Waals surface area contributed by atoms with E-state index in [1.165, 1.54) is 27.4 Å². The molecule has 0 saturated heterocycles. The maximum atomic E-state index is 13.1. The van der Waals surface area contributed by atoms with Crippen molar-refractivity contribution in [2.45, 2.75) is 6.61 Å². The van der Waals surface area contributed by atoms with E-state index in [1.807, 2.05) is 0 Å². The first-order chi connectivity index (χ1) is 12.4. The number of phenols is 2. The molecule has 26 heavy (non-hydrogen) atoms. The van der Waals surface area contributed by atoms with Gasteiger partial charge in [-0.15, -0.1) is 0 Å². The molecule has 0 aliphatic heterocycles. The first-order valence-electron chi connectivity index (χ1n) is 7.52. The van der Waals surface area contributed by atoms with Crippen molar-refractivity contribution in [1.29, 1.82) is 0 Å². The average Bonchev–Trinajstić information content (AvgIpc) is 2.64. The van der Waals surface area contributed by atoms with Gasteiger partial charge >= 0.3 is 0 Å². The predicted octanol–water partition coefficient (Wildman–Crippen LogP) is 1.39. The Morgan fingerprint density at radius 2 is 1.50 bits per heavy atom. The number of aliphatic hydroxyl groups excluding tert-OH is 1. The van der Waals surface area contributed by atoms with Crippen LogP contribution in [0.5, 0.6) is 28.7 Å². The maximum absolute atomic E-state index is 13.1. The van der Waals surface area contributed by atoms with Crippen LogP contribution in [-0.2, 0) is 6.61 Å². The van der Waals surface area contributed by atoms with Crippen LogP contribution in [0.2, 0.25) is 0 Å². The highest BCUT2D eigenvalue weighted by molar-refractivity contribution is 6.31. The van der Waals surface area contributed by atoms with E-state index in [2.05, 4.69) is 0 Å². The summed E-state index contributed by atoms with van der Waals surface area (Å²) in [6.45, 7) is -0.499. The number of ketones is 2. The van der Waals surface area contributed by atoms with Crippen molar-refractivity contribution < 1.29 is 39.1 Å². The van der Waals surface area contributed by atoms with Crippen LogP contribution in [-0.4, -0.2) is 48.2 Å². The Labute approximate surface area is 148 Å². The Bertz CT molecular complexity index is 945. The number of phenolic OH excluding ortho intramolecular Hbond substituents is 2. The van der Waals surface area contributed by atoms with Gasteiger partial charge in [0.1, 0.15) is 11.5 Å². The number of aromatic hydroxyl groups is 2. The van der Waals surface area contributed by atoms with E-state index < -0.39 is 29.7 Å². The number of rotatable bonds is 4. The summed E-state index contributed by atoms with van der Waals surface area (Å²) in [6, 6.07) is 2.38. The molecule has 0 aromatic heterocycles. The highest BCUT2D eigenvalue weighted by Crippen LogP contribution is 2.48. The number of ether oxygens (including phenoxy) is 3. The third-order valence-corrected chi connectivity index (χ3v) is 4.28. The second-order valence-corrected chi connectivity index (χ2v) is 5.54. The average molecular weight is 360 g/mol. The summed E-state index contributed by atoms with van der Waals surface area (Å²) in [6.07, 6.45) is 0. The Hall–Kier alpha value is -3.26. The van der Waals surface area contributed by atoms with Crippen molar-refractivity contribution in [3.63, 3.8) is 0 Å². The zero-order valence-corrected chi connectivity index (χ0v) is 14.2. The molecule has 0 fully saturated rings. The number of carbonyl (C=O) groups excluding carboxylic acids is 2. The molecule has 136 valence electrons. The van der Waals surface area contributed by atoms with Gasteiger partial charge in [-0.3, -0.25) is 9.59 Å². The van der Waals surface area contributed by atoms with Gasteiger partial charge in [0.05, 0.1) is 44.6 Å². The third kappa shape index (κ3) is 2.19. The molecule has 0 spiro atoms. The van der Waals surface area contributed by atoms with Gasteiger partial charge in [-0.1, -0.05) is 0 Å². The summed E-state index contributed by atoms with van der Waals surface area (Å²) in [7, 11) is 3.81. The largest absolute Gasteiger partial charge is 0.507 e. The minimum absolute atomic E-state index is 0.00434. The zero-order chi connectivity index (χ0) is 19.2. The van der Waals surface area contributed by atoms with Gasteiger partial charge in [0.2, 0.25) is 11.5 Å². The number of benzene rings is 2. The lowest BCUT2D eigenvalue weighted by atomic mass is 9.81. The number of fused-ring (bicyclic) bond motifs is 2. The van der Waals surface area contributed by atoms with Crippen molar-refractivity contribution in [2.24, 2.45) is 0 Å². The van der Waals surface area contributed by atoms with Gasteiger partial charge in [-0.2, -0.15) is 0 Å². The molecule has 0 bridgehead atoms. The van der Waals surface area contributed by atoms with Gasteiger partial charge < -0.3 is 29.5 Å². The van der Waals surface area contributed by atoms with Gasteiger partial charge in [-0.05, 0) is 12.1 Å². The molecule has 0 saturated carbocycles. The van der Waals surface area contributed by atoms with Crippen LogP contribution in [0.3, 0.4) is 0 Å². The van der Waals surface area contributed by atoms with Crippen LogP contribution >= 0.6 is 0 Å². The second-order valence-electron chi connectivity index (χ2n) is 5.54. The Balaban J connectivity index is 2.43. The van der Waals surface area contributed by atoms with Crippen LogP contribution in [0.1, 0.15) is 37.4 Å². The molecule has 0 amide bonds. The van der Waals surface area contributed by atoms with Gasteiger partial charge in [0.25, 0.3) is 0 Å². The Morgan fingerprint density at radius 3 is 2.04 bits per heavy atom. The summed E-state index contributed by atoms with van der Waals surface area (Å²) < 4.78 is 15.3. The van der Waals surface area contributed by atoms with Crippen molar-refractivity contribution in [1.82, 2.24) is 0 Å². The van der Waals surface area contributed by atoms with E-state index >= 15 is 0 Å². The summed E-state index contributed by atoms with van der Waals surface area (Å²) in [5, 5.41) is 29.9. The molecule has 3 N–H and O–H groups in total. The molecule has 0 heterocycles. The summed E-state index contributed by atoms with van der Waals surface area (Å²) >= 11 is 0. The Morgan fingerprint density at radius 1 is 0.846 bits per heavy atom. The Kier molecular flexibility index (Phi) is 4.21. The molecule has 2 aromatic rings. The molecule has 8 nitrogen and oxygen atoms in total. The minimum Gasteiger partial charge on any atom is -0.507 e. The van der Waals surface area contributed by atoms with E-state index in [4.69, 9.17) is 14.2 Å². The zero-order valence-electron chi connectivity index (χ0n) is 14.2. The minimum atomic E-state index is -0.718. The van der Waals surface area contributed by atoms with Crippen LogP contribution in [0.4, 0.5) is 0 Å². The monoisotopic (exact) mass is 360 g/mol. The van der Waals surface area contributed by atoms with Crippen molar-refractivity contribution in [3.05, 3.63) is 39.9 Å². The molecule has 0 unspecified atom stereocenters. The van der Waals surface area contributed by atoms with Crippen LogP contribution in [0.25, 0.3) is 0 Å². The maximum Gasteiger partial charge on any atom is 0.202 e. The number of hydrogen-bond donors (Lipinski definition) is 3. The number of methoxy groups -OCH3 is 3.